The molecule has 74 valence electrons. The summed E-state index contributed by atoms with van der Waals surface area (Å²) in [7, 11) is 1.67. The molecule has 1 N–H and O–H groups in total. The second-order valence-corrected chi connectivity index (χ2v) is 3.94. The lowest BCUT2D eigenvalue weighted by Gasteiger charge is -2.24. The van der Waals surface area contributed by atoms with E-state index in [2.05, 4.69) is 15.3 Å². The molecule has 0 aliphatic carbocycles. The molecule has 3 heterocycles. The van der Waals surface area contributed by atoms with Crippen molar-refractivity contribution < 1.29 is 4.74 Å². The maximum Gasteiger partial charge on any atom is 0.221 e. The van der Waals surface area contributed by atoms with Crippen molar-refractivity contribution in [3.8, 4) is 5.88 Å². The van der Waals surface area contributed by atoms with Crippen molar-refractivity contribution in [2.75, 3.05) is 7.11 Å². The second kappa shape index (κ2) is 2.92. The molecule has 1 fully saturated rings. The number of fused-ring (bicyclic) bond motifs is 4. The number of aromatic nitrogens is 2. The summed E-state index contributed by atoms with van der Waals surface area (Å²) in [6.45, 7) is 0. The molecule has 2 aliphatic rings. The number of rotatable bonds is 1. The average molecular weight is 191 g/mol. The summed E-state index contributed by atoms with van der Waals surface area (Å²) >= 11 is 0. The van der Waals surface area contributed by atoms with E-state index in [0.29, 0.717) is 12.1 Å². The molecule has 0 spiro atoms. The number of nitrogens with zero attached hydrogens (tertiary/aromatic N) is 2. The summed E-state index contributed by atoms with van der Waals surface area (Å²) in [6, 6.07) is 1.03. The van der Waals surface area contributed by atoms with Crippen LogP contribution in [0.15, 0.2) is 6.33 Å². The SMILES string of the molecule is COc1ncnc2c1C1CCC(C2)N1. The van der Waals surface area contributed by atoms with Crippen molar-refractivity contribution >= 4 is 0 Å². The predicted molar refractivity (Wildman–Crippen MR) is 51.2 cm³/mol. The van der Waals surface area contributed by atoms with Gasteiger partial charge in [-0.15, -0.1) is 0 Å². The zero-order chi connectivity index (χ0) is 9.54. The molecule has 4 nitrogen and oxygen atoms in total. The number of methoxy groups -OCH3 is 1. The van der Waals surface area contributed by atoms with Crippen LogP contribution in [-0.4, -0.2) is 23.1 Å². The molecule has 14 heavy (non-hydrogen) atoms. The Morgan fingerprint density at radius 2 is 2.36 bits per heavy atom. The van der Waals surface area contributed by atoms with Gasteiger partial charge in [0.25, 0.3) is 0 Å². The fourth-order valence-corrected chi connectivity index (χ4v) is 2.53. The molecule has 0 aromatic carbocycles. The van der Waals surface area contributed by atoms with Crippen molar-refractivity contribution in [1.82, 2.24) is 15.3 Å². The van der Waals surface area contributed by atoms with Gasteiger partial charge in [0.15, 0.2) is 0 Å². The van der Waals surface area contributed by atoms with Gasteiger partial charge in [-0.2, -0.15) is 0 Å². The van der Waals surface area contributed by atoms with Gasteiger partial charge in [-0.25, -0.2) is 9.97 Å². The highest BCUT2D eigenvalue weighted by atomic mass is 16.5. The molecule has 0 saturated carbocycles. The van der Waals surface area contributed by atoms with Crippen molar-refractivity contribution in [2.24, 2.45) is 0 Å². The highest BCUT2D eigenvalue weighted by Gasteiger charge is 2.35. The summed E-state index contributed by atoms with van der Waals surface area (Å²) in [4.78, 5) is 8.49. The predicted octanol–water partition coefficient (Wildman–Crippen LogP) is 0.834. The van der Waals surface area contributed by atoms with Crippen molar-refractivity contribution in [1.29, 1.82) is 0 Å². The van der Waals surface area contributed by atoms with Crippen LogP contribution >= 0.6 is 0 Å². The number of hydrogen-bond donors (Lipinski definition) is 1. The van der Waals surface area contributed by atoms with Crippen LogP contribution < -0.4 is 10.1 Å². The zero-order valence-electron chi connectivity index (χ0n) is 8.16. The van der Waals surface area contributed by atoms with Crippen molar-refractivity contribution in [2.45, 2.75) is 31.3 Å². The summed E-state index contributed by atoms with van der Waals surface area (Å²) in [6.07, 6.45) is 5.04. The Balaban J connectivity index is 2.13. The van der Waals surface area contributed by atoms with Crippen molar-refractivity contribution in [3.63, 3.8) is 0 Å². The van der Waals surface area contributed by atoms with E-state index in [4.69, 9.17) is 4.74 Å². The molecule has 1 saturated heterocycles. The molecule has 3 rings (SSSR count). The Morgan fingerprint density at radius 1 is 1.43 bits per heavy atom. The van der Waals surface area contributed by atoms with Crippen molar-refractivity contribution in [3.05, 3.63) is 17.6 Å². The van der Waals surface area contributed by atoms with Gasteiger partial charge in [0.1, 0.15) is 6.33 Å². The normalized spacial score (nSPS) is 28.6. The van der Waals surface area contributed by atoms with Gasteiger partial charge in [-0.1, -0.05) is 0 Å². The molecular weight excluding hydrogens is 178 g/mol. The quantitative estimate of drug-likeness (QED) is 0.714. The summed E-state index contributed by atoms with van der Waals surface area (Å²) in [5.41, 5.74) is 2.35. The fourth-order valence-electron chi connectivity index (χ4n) is 2.53. The molecule has 2 unspecified atom stereocenters. The van der Waals surface area contributed by atoms with Crippen LogP contribution in [-0.2, 0) is 6.42 Å². The van der Waals surface area contributed by atoms with E-state index < -0.39 is 0 Å². The first-order chi connectivity index (χ1) is 6.88. The van der Waals surface area contributed by atoms with Gasteiger partial charge in [-0.05, 0) is 12.8 Å². The van der Waals surface area contributed by atoms with Gasteiger partial charge < -0.3 is 10.1 Å². The Kier molecular flexibility index (Phi) is 1.70. The maximum atomic E-state index is 5.27. The van der Waals surface area contributed by atoms with Crippen LogP contribution in [0.5, 0.6) is 5.88 Å². The molecule has 0 radical (unpaired) electrons. The van der Waals surface area contributed by atoms with Crippen LogP contribution in [0.25, 0.3) is 0 Å². The lowest BCUT2D eigenvalue weighted by atomic mass is 10.0. The topological polar surface area (TPSA) is 47.0 Å². The van der Waals surface area contributed by atoms with E-state index in [0.717, 1.165) is 12.3 Å². The third-order valence-electron chi connectivity index (χ3n) is 3.15. The summed E-state index contributed by atoms with van der Waals surface area (Å²) in [5.74, 6) is 0.743. The minimum absolute atomic E-state index is 0.417. The van der Waals surface area contributed by atoms with Gasteiger partial charge in [0.05, 0.1) is 18.4 Å². The Bertz CT molecular complexity index is 366. The molecule has 0 amide bonds. The van der Waals surface area contributed by atoms with E-state index in [-0.39, 0.29) is 0 Å². The first-order valence-corrected chi connectivity index (χ1v) is 5.02. The molecule has 2 aliphatic heterocycles. The highest BCUT2D eigenvalue weighted by molar-refractivity contribution is 5.37. The third-order valence-corrected chi connectivity index (χ3v) is 3.15. The first-order valence-electron chi connectivity index (χ1n) is 5.02. The van der Waals surface area contributed by atoms with Crippen LogP contribution in [0.2, 0.25) is 0 Å². The minimum atomic E-state index is 0.417. The lowest BCUT2D eigenvalue weighted by Crippen LogP contribution is -2.32. The molecular formula is C10H13N3O. The van der Waals surface area contributed by atoms with Gasteiger partial charge in [0, 0.05) is 18.5 Å². The molecule has 1 aromatic rings. The highest BCUT2D eigenvalue weighted by Crippen LogP contribution is 2.38. The molecule has 1 aromatic heterocycles. The number of nitrogens with one attached hydrogen (secondary N) is 1. The lowest BCUT2D eigenvalue weighted by molar-refractivity contribution is 0.376. The Morgan fingerprint density at radius 3 is 3.21 bits per heavy atom. The second-order valence-electron chi connectivity index (χ2n) is 3.94. The van der Waals surface area contributed by atoms with Gasteiger partial charge in [0.2, 0.25) is 5.88 Å². The smallest absolute Gasteiger partial charge is 0.221 e. The number of ether oxygens (including phenoxy) is 1. The van der Waals surface area contributed by atoms with Crippen LogP contribution in [0.4, 0.5) is 0 Å². The maximum absolute atomic E-state index is 5.27. The zero-order valence-corrected chi connectivity index (χ0v) is 8.16. The molecule has 2 atom stereocenters. The van der Waals surface area contributed by atoms with E-state index in [1.807, 2.05) is 0 Å². The monoisotopic (exact) mass is 191 g/mol. The van der Waals surface area contributed by atoms with E-state index in [9.17, 15) is 0 Å². The van der Waals surface area contributed by atoms with Gasteiger partial charge >= 0.3 is 0 Å². The van der Waals surface area contributed by atoms with Gasteiger partial charge in [-0.3, -0.25) is 0 Å². The summed E-state index contributed by atoms with van der Waals surface area (Å²) in [5, 5.41) is 3.56. The average Bonchev–Trinajstić information content (AvgIpc) is 2.60. The number of hydrogen-bond acceptors (Lipinski definition) is 4. The van der Waals surface area contributed by atoms with E-state index in [1.54, 1.807) is 13.4 Å². The Labute approximate surface area is 82.7 Å². The molecule has 4 heteroatoms. The van der Waals surface area contributed by atoms with E-state index in [1.165, 1.54) is 24.1 Å². The van der Waals surface area contributed by atoms with Crippen LogP contribution in [0, 0.1) is 0 Å². The largest absolute Gasteiger partial charge is 0.481 e. The fraction of sp³-hybridized carbons (Fsp3) is 0.600. The van der Waals surface area contributed by atoms with E-state index >= 15 is 0 Å². The standard InChI is InChI=1S/C10H13N3O/c1-14-10-9-7-3-2-6(13-7)4-8(9)11-5-12-10/h5-7,13H,2-4H2,1H3. The summed E-state index contributed by atoms with van der Waals surface area (Å²) < 4.78 is 5.27. The Hall–Kier alpha value is -1.16. The van der Waals surface area contributed by atoms with Crippen LogP contribution in [0.1, 0.15) is 30.1 Å². The molecule has 2 bridgehead atoms. The first kappa shape index (κ1) is 8.17. The third kappa shape index (κ3) is 1.04. The minimum Gasteiger partial charge on any atom is -0.481 e. The van der Waals surface area contributed by atoms with Crippen LogP contribution in [0.3, 0.4) is 0 Å².